The second-order valence-corrected chi connectivity index (χ2v) is 7.38. The second kappa shape index (κ2) is 8.41. The zero-order chi connectivity index (χ0) is 21.9. The van der Waals surface area contributed by atoms with Gasteiger partial charge in [-0.2, -0.15) is 4.68 Å². The van der Waals surface area contributed by atoms with Crippen molar-refractivity contribution in [1.29, 1.82) is 0 Å². The van der Waals surface area contributed by atoms with Crippen LogP contribution in [0.5, 0.6) is 0 Å². The summed E-state index contributed by atoms with van der Waals surface area (Å²) in [6.07, 6.45) is 0. The number of rotatable bonds is 8. The molecule has 0 aliphatic rings. The van der Waals surface area contributed by atoms with E-state index in [-0.39, 0.29) is 6.67 Å². The number of hydrogen-bond acceptors (Lipinski definition) is 8. The summed E-state index contributed by atoms with van der Waals surface area (Å²) < 4.78 is 1.47. The quantitative estimate of drug-likeness (QED) is 0.315. The van der Waals surface area contributed by atoms with Crippen LogP contribution in [0.25, 0.3) is 5.69 Å². The molecule has 10 nitrogen and oxygen atoms in total. The van der Waals surface area contributed by atoms with E-state index in [9.17, 15) is 14.7 Å². The lowest BCUT2D eigenvalue weighted by atomic mass is 10.0. The van der Waals surface area contributed by atoms with Crippen molar-refractivity contribution >= 4 is 35.9 Å². The highest BCUT2D eigenvalue weighted by Gasteiger charge is 2.34. The summed E-state index contributed by atoms with van der Waals surface area (Å²) in [5, 5.41) is 24.5. The summed E-state index contributed by atoms with van der Waals surface area (Å²) in [4.78, 5) is 24.9. The molecule has 0 saturated carbocycles. The van der Waals surface area contributed by atoms with Gasteiger partial charge in [-0.15, -0.1) is 17.7 Å². The summed E-state index contributed by atoms with van der Waals surface area (Å²) in [5.41, 5.74) is 6.46. The van der Waals surface area contributed by atoms with Gasteiger partial charge in [0.2, 0.25) is 11.1 Å². The van der Waals surface area contributed by atoms with Crippen LogP contribution in [0.4, 0.5) is 11.4 Å². The molecule has 1 amide bonds. The maximum Gasteiger partial charge on any atom is 0.329 e. The standard InChI is InChI=1S/C19H21N7O3S/c1-19(2,17(28)29)25(14-8-6-12(7-9-14)16(20)27)11-21-13-4-3-5-15(10-13)26-18(30)22-23-24-26/h3-10,21H,11H2,1-2H3,(H2,20,27)(H,28,29)(H,22,24,30). The smallest absolute Gasteiger partial charge is 0.329 e. The molecule has 0 unspecified atom stereocenters. The third kappa shape index (κ3) is 4.35. The zero-order valence-corrected chi connectivity index (χ0v) is 17.2. The number of nitrogens with two attached hydrogens (primary N) is 1. The molecular weight excluding hydrogens is 406 g/mol. The number of benzene rings is 2. The van der Waals surface area contributed by atoms with Gasteiger partial charge in [0, 0.05) is 16.9 Å². The number of aromatic nitrogens is 4. The molecule has 3 aromatic rings. The molecule has 0 fully saturated rings. The van der Waals surface area contributed by atoms with E-state index in [0.717, 1.165) is 5.69 Å². The Balaban J connectivity index is 1.86. The number of tetrazole rings is 1. The highest BCUT2D eigenvalue weighted by atomic mass is 32.1. The molecule has 4 N–H and O–H groups in total. The summed E-state index contributed by atoms with van der Waals surface area (Å²) in [7, 11) is 0. The molecule has 0 bridgehead atoms. The Labute approximate surface area is 178 Å². The van der Waals surface area contributed by atoms with Crippen LogP contribution >= 0.6 is 12.6 Å². The van der Waals surface area contributed by atoms with Gasteiger partial charge in [0.1, 0.15) is 5.54 Å². The van der Waals surface area contributed by atoms with Crippen molar-refractivity contribution in [2.45, 2.75) is 24.5 Å². The topological polar surface area (TPSA) is 139 Å². The average Bonchev–Trinajstić information content (AvgIpc) is 3.14. The molecule has 1 aromatic heterocycles. The maximum atomic E-state index is 11.9. The van der Waals surface area contributed by atoms with Gasteiger partial charge in [0.15, 0.2) is 0 Å². The van der Waals surface area contributed by atoms with Crippen LogP contribution in [0.2, 0.25) is 0 Å². The molecule has 11 heteroatoms. The van der Waals surface area contributed by atoms with Crippen molar-refractivity contribution in [3.63, 3.8) is 0 Å². The number of nitrogens with one attached hydrogen (secondary N) is 1. The van der Waals surface area contributed by atoms with Crippen molar-refractivity contribution in [3.8, 4) is 5.69 Å². The zero-order valence-electron chi connectivity index (χ0n) is 16.4. The monoisotopic (exact) mass is 427 g/mol. The Morgan fingerprint density at radius 2 is 1.93 bits per heavy atom. The lowest BCUT2D eigenvalue weighted by molar-refractivity contribution is -0.142. The molecule has 3 rings (SSSR count). The number of carboxylic acid groups (broad SMARTS) is 1. The van der Waals surface area contributed by atoms with Crippen LogP contribution in [0.15, 0.2) is 53.7 Å². The predicted octanol–water partition coefficient (Wildman–Crippen LogP) is 1.79. The number of aliphatic carboxylic acids is 1. The summed E-state index contributed by atoms with van der Waals surface area (Å²) in [6, 6.07) is 13.8. The Hall–Kier alpha value is -3.60. The highest BCUT2D eigenvalue weighted by molar-refractivity contribution is 7.80. The molecular formula is C19H21N7O3S. The number of primary amides is 1. The number of anilines is 2. The van der Waals surface area contributed by atoms with Gasteiger partial charge in [-0.25, -0.2) is 4.79 Å². The third-order valence-electron chi connectivity index (χ3n) is 4.65. The molecule has 1 heterocycles. The highest BCUT2D eigenvalue weighted by Crippen LogP contribution is 2.25. The van der Waals surface area contributed by atoms with E-state index in [0.29, 0.717) is 22.1 Å². The van der Waals surface area contributed by atoms with Gasteiger partial charge in [-0.3, -0.25) is 4.79 Å². The largest absolute Gasteiger partial charge is 0.480 e. The van der Waals surface area contributed by atoms with Gasteiger partial charge < -0.3 is 21.1 Å². The molecule has 2 aromatic carbocycles. The molecule has 0 saturated heterocycles. The molecule has 0 aliphatic carbocycles. The van der Waals surface area contributed by atoms with Gasteiger partial charge in [-0.05, 0) is 66.7 Å². The number of amides is 1. The first-order valence-electron chi connectivity index (χ1n) is 8.92. The molecule has 30 heavy (non-hydrogen) atoms. The summed E-state index contributed by atoms with van der Waals surface area (Å²) >= 11 is 4.21. The van der Waals surface area contributed by atoms with Crippen molar-refractivity contribution in [2.24, 2.45) is 5.73 Å². The molecule has 0 radical (unpaired) electrons. The van der Waals surface area contributed by atoms with Gasteiger partial charge in [0.25, 0.3) is 0 Å². The third-order valence-corrected chi connectivity index (χ3v) is 4.93. The van der Waals surface area contributed by atoms with E-state index >= 15 is 0 Å². The Morgan fingerprint density at radius 3 is 2.50 bits per heavy atom. The minimum atomic E-state index is -1.23. The number of hydrogen-bond donors (Lipinski definition) is 4. The number of carbonyl (C=O) groups is 2. The van der Waals surface area contributed by atoms with Crippen LogP contribution in [-0.4, -0.2) is 49.4 Å². The first-order chi connectivity index (χ1) is 14.2. The van der Waals surface area contributed by atoms with Crippen molar-refractivity contribution in [1.82, 2.24) is 20.2 Å². The second-order valence-electron chi connectivity index (χ2n) is 6.98. The van der Waals surface area contributed by atoms with E-state index < -0.39 is 17.4 Å². The number of carboxylic acids is 1. The van der Waals surface area contributed by atoms with Crippen LogP contribution in [0.1, 0.15) is 24.2 Å². The molecule has 0 spiro atoms. The van der Waals surface area contributed by atoms with Crippen LogP contribution in [0.3, 0.4) is 0 Å². The fraction of sp³-hybridized carbons (Fsp3) is 0.211. The Bertz CT molecular complexity index is 1070. The van der Waals surface area contributed by atoms with Gasteiger partial charge in [0.05, 0.1) is 12.4 Å². The van der Waals surface area contributed by atoms with Crippen molar-refractivity contribution < 1.29 is 14.7 Å². The number of nitrogens with zero attached hydrogens (tertiary/aromatic N) is 5. The maximum absolute atomic E-state index is 11.9. The normalized spacial score (nSPS) is 11.2. The average molecular weight is 427 g/mol. The van der Waals surface area contributed by atoms with E-state index in [2.05, 4.69) is 33.5 Å². The SMILES string of the molecule is CC(C)(C(=O)O)N(CNc1cccc(-n2nnnc2S)c1)c1ccc(C(N)=O)cc1. The van der Waals surface area contributed by atoms with Crippen LogP contribution in [-0.2, 0) is 4.79 Å². The predicted molar refractivity (Wildman–Crippen MR) is 114 cm³/mol. The Morgan fingerprint density at radius 1 is 1.23 bits per heavy atom. The summed E-state index contributed by atoms with van der Waals surface area (Å²) in [6.45, 7) is 3.38. The van der Waals surface area contributed by atoms with Crippen molar-refractivity contribution in [3.05, 3.63) is 54.1 Å². The number of carbonyl (C=O) groups excluding carboxylic acids is 1. The van der Waals surface area contributed by atoms with Gasteiger partial charge in [-0.1, -0.05) is 6.07 Å². The van der Waals surface area contributed by atoms with Crippen LogP contribution in [0, 0.1) is 0 Å². The lowest BCUT2D eigenvalue weighted by Gasteiger charge is -2.37. The summed E-state index contributed by atoms with van der Waals surface area (Å²) in [5.74, 6) is -1.54. The minimum Gasteiger partial charge on any atom is -0.480 e. The Kier molecular flexibility index (Phi) is 5.92. The molecule has 0 atom stereocenters. The van der Waals surface area contributed by atoms with Crippen LogP contribution < -0.4 is 16.0 Å². The van der Waals surface area contributed by atoms with E-state index in [1.54, 1.807) is 43.0 Å². The van der Waals surface area contributed by atoms with E-state index in [1.807, 2.05) is 24.3 Å². The fourth-order valence-corrected chi connectivity index (χ4v) is 3.00. The van der Waals surface area contributed by atoms with E-state index in [4.69, 9.17) is 5.73 Å². The first kappa shape index (κ1) is 21.1. The fourth-order valence-electron chi connectivity index (χ4n) is 2.80. The molecule has 0 aliphatic heterocycles. The van der Waals surface area contributed by atoms with Gasteiger partial charge >= 0.3 is 5.97 Å². The lowest BCUT2D eigenvalue weighted by Crippen LogP contribution is -2.52. The first-order valence-corrected chi connectivity index (χ1v) is 9.37. The molecule has 156 valence electrons. The number of thiol groups is 1. The van der Waals surface area contributed by atoms with Crippen molar-refractivity contribution in [2.75, 3.05) is 16.9 Å². The van der Waals surface area contributed by atoms with E-state index in [1.165, 1.54) is 4.68 Å². The minimum absolute atomic E-state index is 0.183.